The summed E-state index contributed by atoms with van der Waals surface area (Å²) in [5.41, 5.74) is 2.72. The summed E-state index contributed by atoms with van der Waals surface area (Å²) in [4.78, 5) is 9.91. The summed E-state index contributed by atoms with van der Waals surface area (Å²) in [5.74, 6) is 3.01. The summed E-state index contributed by atoms with van der Waals surface area (Å²) < 4.78 is 24.2. The number of hydrogen-bond donors (Lipinski definition) is 0. The molecule has 0 bridgehead atoms. The zero-order valence-corrected chi connectivity index (χ0v) is 20.9. The largest absolute Gasteiger partial charge is 0.487 e. The van der Waals surface area contributed by atoms with Gasteiger partial charge in [-0.05, 0) is 48.5 Å². The molecule has 0 aliphatic heterocycles. The number of nitrogens with zero attached hydrogens (tertiary/aromatic N) is 2. The molecular weight excluding hydrogens is 476 g/mol. The molecule has 0 N–H and O–H groups in total. The van der Waals surface area contributed by atoms with E-state index in [1.807, 2.05) is 121 Å². The molecule has 190 valence electrons. The van der Waals surface area contributed by atoms with Crippen molar-refractivity contribution in [2.24, 2.45) is 0 Å². The van der Waals surface area contributed by atoms with Gasteiger partial charge in [-0.25, -0.2) is 9.97 Å². The standard InChI is InChI=1S/C32H28N2O4/c1-5-13-25(14-6-1)35-21-29-30(22-36-26-15-7-2-8-16-26)34-32(24-38-28-19-11-4-12-20-28)31(33-29)23-37-27-17-9-3-10-18-27/h1-20H,21-24H2. The molecule has 0 aliphatic rings. The first-order chi connectivity index (χ1) is 18.8. The highest BCUT2D eigenvalue weighted by Crippen LogP contribution is 2.20. The molecule has 0 aliphatic carbocycles. The maximum atomic E-state index is 6.04. The van der Waals surface area contributed by atoms with Gasteiger partial charge in [-0.2, -0.15) is 0 Å². The average molecular weight is 505 g/mol. The van der Waals surface area contributed by atoms with Gasteiger partial charge in [0.25, 0.3) is 0 Å². The second-order valence-corrected chi connectivity index (χ2v) is 8.42. The molecule has 0 fully saturated rings. The molecule has 38 heavy (non-hydrogen) atoms. The first-order valence-electron chi connectivity index (χ1n) is 12.4. The maximum absolute atomic E-state index is 6.04. The summed E-state index contributed by atoms with van der Waals surface area (Å²) in [6.45, 7) is 0.955. The van der Waals surface area contributed by atoms with Gasteiger partial charge in [0.2, 0.25) is 0 Å². The minimum Gasteiger partial charge on any atom is -0.487 e. The first kappa shape index (κ1) is 24.8. The van der Waals surface area contributed by atoms with Gasteiger partial charge in [-0.3, -0.25) is 0 Å². The molecule has 0 spiro atoms. The third kappa shape index (κ3) is 7.11. The highest BCUT2D eigenvalue weighted by Gasteiger charge is 2.17. The Morgan fingerprint density at radius 1 is 0.316 bits per heavy atom. The monoisotopic (exact) mass is 504 g/mol. The number of rotatable bonds is 12. The van der Waals surface area contributed by atoms with Gasteiger partial charge in [0.15, 0.2) is 0 Å². The maximum Gasteiger partial charge on any atom is 0.132 e. The van der Waals surface area contributed by atoms with Crippen molar-refractivity contribution >= 4 is 0 Å². The van der Waals surface area contributed by atoms with Gasteiger partial charge in [0.05, 0.1) is 0 Å². The fourth-order valence-electron chi connectivity index (χ4n) is 3.72. The van der Waals surface area contributed by atoms with E-state index in [0.29, 0.717) is 22.8 Å². The van der Waals surface area contributed by atoms with Crippen molar-refractivity contribution < 1.29 is 18.9 Å². The normalized spacial score (nSPS) is 10.5. The van der Waals surface area contributed by atoms with E-state index in [1.54, 1.807) is 0 Å². The highest BCUT2D eigenvalue weighted by atomic mass is 16.5. The van der Waals surface area contributed by atoms with Crippen LogP contribution >= 0.6 is 0 Å². The van der Waals surface area contributed by atoms with Crippen molar-refractivity contribution in [1.82, 2.24) is 9.97 Å². The third-order valence-corrected chi connectivity index (χ3v) is 5.68. The number of para-hydroxylation sites is 4. The van der Waals surface area contributed by atoms with Crippen LogP contribution in [-0.4, -0.2) is 9.97 Å². The Labute approximate surface area is 222 Å². The summed E-state index contributed by atoms with van der Waals surface area (Å²) in [7, 11) is 0. The minimum atomic E-state index is 0.239. The van der Waals surface area contributed by atoms with Crippen LogP contribution in [0, 0.1) is 0 Å². The van der Waals surface area contributed by atoms with E-state index in [1.165, 1.54) is 0 Å². The van der Waals surface area contributed by atoms with Gasteiger partial charge in [-0.15, -0.1) is 0 Å². The fraction of sp³-hybridized carbons (Fsp3) is 0.125. The summed E-state index contributed by atoms with van der Waals surface area (Å²) in [6, 6.07) is 38.6. The van der Waals surface area contributed by atoms with Crippen molar-refractivity contribution in [3.05, 3.63) is 144 Å². The molecule has 1 aromatic heterocycles. The van der Waals surface area contributed by atoms with Gasteiger partial charge >= 0.3 is 0 Å². The SMILES string of the molecule is c1ccc(OCc2nc(COc3ccccc3)c(COc3ccccc3)nc2COc2ccccc2)cc1. The van der Waals surface area contributed by atoms with Crippen LogP contribution in [0.4, 0.5) is 0 Å². The van der Waals surface area contributed by atoms with Crippen LogP contribution < -0.4 is 18.9 Å². The van der Waals surface area contributed by atoms with E-state index in [4.69, 9.17) is 28.9 Å². The van der Waals surface area contributed by atoms with Crippen LogP contribution in [0.3, 0.4) is 0 Å². The molecule has 0 unspecified atom stereocenters. The fourth-order valence-corrected chi connectivity index (χ4v) is 3.72. The van der Waals surface area contributed by atoms with Crippen LogP contribution in [0.2, 0.25) is 0 Å². The lowest BCUT2D eigenvalue weighted by Crippen LogP contribution is -2.16. The Kier molecular flexibility index (Phi) is 8.44. The van der Waals surface area contributed by atoms with Crippen LogP contribution in [0.5, 0.6) is 23.0 Å². The van der Waals surface area contributed by atoms with E-state index in [2.05, 4.69) is 0 Å². The number of hydrogen-bond acceptors (Lipinski definition) is 6. The Balaban J connectivity index is 1.44. The predicted octanol–water partition coefficient (Wildman–Crippen LogP) is 6.79. The van der Waals surface area contributed by atoms with E-state index in [-0.39, 0.29) is 26.4 Å². The summed E-state index contributed by atoms with van der Waals surface area (Å²) in [5, 5.41) is 0. The molecular formula is C32H28N2O4. The summed E-state index contributed by atoms with van der Waals surface area (Å²) >= 11 is 0. The Morgan fingerprint density at radius 2 is 0.526 bits per heavy atom. The molecule has 0 amide bonds. The second-order valence-electron chi connectivity index (χ2n) is 8.42. The smallest absolute Gasteiger partial charge is 0.132 e. The molecule has 5 rings (SSSR count). The third-order valence-electron chi connectivity index (χ3n) is 5.68. The molecule has 4 aromatic carbocycles. The topological polar surface area (TPSA) is 62.7 Å². The van der Waals surface area contributed by atoms with Crippen molar-refractivity contribution in [3.63, 3.8) is 0 Å². The molecule has 6 heteroatoms. The first-order valence-corrected chi connectivity index (χ1v) is 12.4. The molecule has 0 saturated heterocycles. The van der Waals surface area contributed by atoms with Crippen LogP contribution in [0.15, 0.2) is 121 Å². The lowest BCUT2D eigenvalue weighted by atomic mass is 10.2. The van der Waals surface area contributed by atoms with Gasteiger partial charge < -0.3 is 18.9 Å². The Bertz CT molecular complexity index is 1180. The quantitative estimate of drug-likeness (QED) is 0.186. The zero-order chi connectivity index (χ0) is 25.8. The average Bonchev–Trinajstić information content (AvgIpc) is 2.99. The van der Waals surface area contributed by atoms with Crippen LogP contribution in [0.25, 0.3) is 0 Å². The summed E-state index contributed by atoms with van der Waals surface area (Å²) in [6.07, 6.45) is 0. The van der Waals surface area contributed by atoms with Gasteiger partial charge in [-0.1, -0.05) is 72.8 Å². The molecule has 0 radical (unpaired) electrons. The van der Waals surface area contributed by atoms with Crippen LogP contribution in [-0.2, 0) is 26.4 Å². The van der Waals surface area contributed by atoms with E-state index in [0.717, 1.165) is 23.0 Å². The van der Waals surface area contributed by atoms with Crippen molar-refractivity contribution in [1.29, 1.82) is 0 Å². The highest BCUT2D eigenvalue weighted by molar-refractivity contribution is 5.27. The van der Waals surface area contributed by atoms with Crippen molar-refractivity contribution in [3.8, 4) is 23.0 Å². The molecule has 6 nitrogen and oxygen atoms in total. The predicted molar refractivity (Wildman–Crippen MR) is 145 cm³/mol. The number of ether oxygens (including phenoxy) is 4. The van der Waals surface area contributed by atoms with Gasteiger partial charge in [0, 0.05) is 0 Å². The molecule has 0 saturated carbocycles. The Hall–Kier alpha value is -4.84. The van der Waals surface area contributed by atoms with Crippen LogP contribution in [0.1, 0.15) is 22.8 Å². The second kappa shape index (κ2) is 12.9. The van der Waals surface area contributed by atoms with Crippen molar-refractivity contribution in [2.75, 3.05) is 0 Å². The molecule has 0 atom stereocenters. The van der Waals surface area contributed by atoms with E-state index >= 15 is 0 Å². The lowest BCUT2D eigenvalue weighted by Gasteiger charge is -2.17. The van der Waals surface area contributed by atoms with Crippen molar-refractivity contribution in [2.45, 2.75) is 26.4 Å². The lowest BCUT2D eigenvalue weighted by molar-refractivity contribution is 0.259. The van der Waals surface area contributed by atoms with E-state index < -0.39 is 0 Å². The van der Waals surface area contributed by atoms with Gasteiger partial charge in [0.1, 0.15) is 72.2 Å². The number of aromatic nitrogens is 2. The Morgan fingerprint density at radius 3 is 0.737 bits per heavy atom. The van der Waals surface area contributed by atoms with E-state index in [9.17, 15) is 0 Å². The minimum absolute atomic E-state index is 0.239. The molecule has 5 aromatic rings. The zero-order valence-electron chi connectivity index (χ0n) is 20.9. The number of benzene rings is 4. The molecule has 1 heterocycles.